The lowest BCUT2D eigenvalue weighted by Gasteiger charge is -2.29. The van der Waals surface area contributed by atoms with Crippen LogP contribution in [0.25, 0.3) is 0 Å². The van der Waals surface area contributed by atoms with Crippen molar-refractivity contribution in [2.24, 2.45) is 11.8 Å². The second kappa shape index (κ2) is 8.08. The number of piperidine rings is 1. The Morgan fingerprint density at radius 2 is 1.81 bits per heavy atom. The molecule has 1 rings (SSSR count). The quantitative estimate of drug-likeness (QED) is 0.672. The monoisotopic (exact) mass is 226 g/mol. The highest BCUT2D eigenvalue weighted by atomic mass is 15.1. The van der Waals surface area contributed by atoms with Crippen LogP contribution in [0, 0.1) is 11.8 Å². The van der Waals surface area contributed by atoms with Crippen LogP contribution in [0.4, 0.5) is 0 Å². The second-order valence-corrected chi connectivity index (χ2v) is 5.42. The maximum atomic E-state index is 3.65. The van der Waals surface area contributed by atoms with E-state index in [4.69, 9.17) is 0 Å². The van der Waals surface area contributed by atoms with E-state index in [9.17, 15) is 0 Å². The minimum atomic E-state index is 0.929. The fourth-order valence-corrected chi connectivity index (χ4v) is 2.58. The molecule has 1 fully saturated rings. The van der Waals surface area contributed by atoms with E-state index in [0.29, 0.717) is 0 Å². The van der Waals surface area contributed by atoms with E-state index in [1.165, 1.54) is 58.3 Å². The van der Waals surface area contributed by atoms with Crippen molar-refractivity contribution in [1.82, 2.24) is 10.2 Å². The molecule has 0 amide bonds. The lowest BCUT2D eigenvalue weighted by Crippen LogP contribution is -2.35. The van der Waals surface area contributed by atoms with Crippen LogP contribution in [0.2, 0.25) is 0 Å². The summed E-state index contributed by atoms with van der Waals surface area (Å²) in [5.41, 5.74) is 0. The number of likely N-dealkylation sites (tertiary alicyclic amines) is 1. The van der Waals surface area contributed by atoms with Crippen LogP contribution in [0.5, 0.6) is 0 Å². The number of hydrogen-bond acceptors (Lipinski definition) is 2. The Morgan fingerprint density at radius 3 is 2.38 bits per heavy atom. The first-order valence-corrected chi connectivity index (χ1v) is 7.15. The van der Waals surface area contributed by atoms with E-state index in [1.54, 1.807) is 0 Å². The number of nitrogens with one attached hydrogen (secondary N) is 1. The Morgan fingerprint density at radius 1 is 1.19 bits per heavy atom. The summed E-state index contributed by atoms with van der Waals surface area (Å²) in [5.74, 6) is 1.86. The van der Waals surface area contributed by atoms with Crippen LogP contribution in [-0.4, -0.2) is 38.1 Å². The summed E-state index contributed by atoms with van der Waals surface area (Å²) in [6.07, 6.45) is 6.81. The maximum absolute atomic E-state index is 3.65. The van der Waals surface area contributed by atoms with Crippen molar-refractivity contribution in [2.45, 2.75) is 46.0 Å². The van der Waals surface area contributed by atoms with Crippen molar-refractivity contribution in [3.63, 3.8) is 0 Å². The van der Waals surface area contributed by atoms with Gasteiger partial charge in [0.1, 0.15) is 0 Å². The molecule has 1 N–H and O–H groups in total. The van der Waals surface area contributed by atoms with Gasteiger partial charge in [0.15, 0.2) is 0 Å². The summed E-state index contributed by atoms with van der Waals surface area (Å²) in [7, 11) is 2.23. The molecular weight excluding hydrogens is 196 g/mol. The Labute approximate surface area is 102 Å². The van der Waals surface area contributed by atoms with Crippen molar-refractivity contribution >= 4 is 0 Å². The molecule has 0 radical (unpaired) electrons. The summed E-state index contributed by atoms with van der Waals surface area (Å²) in [6, 6.07) is 0. The Balaban J connectivity index is 1.98. The van der Waals surface area contributed by atoms with E-state index < -0.39 is 0 Å². The summed E-state index contributed by atoms with van der Waals surface area (Å²) >= 11 is 0. The van der Waals surface area contributed by atoms with E-state index >= 15 is 0 Å². The number of hydrogen-bond donors (Lipinski definition) is 1. The predicted molar refractivity (Wildman–Crippen MR) is 71.8 cm³/mol. The maximum Gasteiger partial charge on any atom is -0.00187 e. The SMILES string of the molecule is CCC(CC)CCNCC1CCN(C)CC1. The second-order valence-electron chi connectivity index (χ2n) is 5.42. The van der Waals surface area contributed by atoms with Crippen LogP contribution < -0.4 is 5.32 Å². The van der Waals surface area contributed by atoms with Gasteiger partial charge in [-0.05, 0) is 64.3 Å². The summed E-state index contributed by atoms with van der Waals surface area (Å²) in [4.78, 5) is 2.45. The van der Waals surface area contributed by atoms with Crippen molar-refractivity contribution in [1.29, 1.82) is 0 Å². The highest BCUT2D eigenvalue weighted by molar-refractivity contribution is 4.71. The van der Waals surface area contributed by atoms with Crippen LogP contribution in [-0.2, 0) is 0 Å². The molecule has 0 spiro atoms. The molecule has 1 aliphatic heterocycles. The minimum Gasteiger partial charge on any atom is -0.316 e. The van der Waals surface area contributed by atoms with Gasteiger partial charge in [-0.25, -0.2) is 0 Å². The van der Waals surface area contributed by atoms with E-state index in [1.807, 2.05) is 0 Å². The predicted octanol–water partition coefficient (Wildman–Crippen LogP) is 2.74. The fourth-order valence-electron chi connectivity index (χ4n) is 2.58. The van der Waals surface area contributed by atoms with Crippen molar-refractivity contribution < 1.29 is 0 Å². The van der Waals surface area contributed by atoms with E-state index in [0.717, 1.165) is 11.8 Å². The Bertz CT molecular complexity index is 158. The van der Waals surface area contributed by atoms with Gasteiger partial charge in [0.25, 0.3) is 0 Å². The first-order chi connectivity index (χ1) is 7.76. The van der Waals surface area contributed by atoms with E-state index in [-0.39, 0.29) is 0 Å². The molecule has 0 aromatic carbocycles. The first kappa shape index (κ1) is 14.0. The lowest BCUT2D eigenvalue weighted by molar-refractivity contribution is 0.215. The molecule has 0 saturated carbocycles. The molecule has 1 saturated heterocycles. The Hall–Kier alpha value is -0.0800. The zero-order chi connectivity index (χ0) is 11.8. The molecule has 2 nitrogen and oxygen atoms in total. The van der Waals surface area contributed by atoms with Gasteiger partial charge in [-0.3, -0.25) is 0 Å². The van der Waals surface area contributed by atoms with Gasteiger partial charge in [0.2, 0.25) is 0 Å². The van der Waals surface area contributed by atoms with Gasteiger partial charge < -0.3 is 10.2 Å². The van der Waals surface area contributed by atoms with Gasteiger partial charge >= 0.3 is 0 Å². The van der Waals surface area contributed by atoms with Gasteiger partial charge in [0, 0.05) is 0 Å². The van der Waals surface area contributed by atoms with E-state index in [2.05, 4.69) is 31.1 Å². The number of rotatable bonds is 7. The van der Waals surface area contributed by atoms with Crippen LogP contribution >= 0.6 is 0 Å². The smallest absolute Gasteiger partial charge is 0.00187 e. The van der Waals surface area contributed by atoms with Crippen LogP contribution in [0.1, 0.15) is 46.0 Å². The minimum absolute atomic E-state index is 0.929. The normalized spacial score (nSPS) is 19.5. The molecule has 96 valence electrons. The summed E-state index contributed by atoms with van der Waals surface area (Å²) in [6.45, 7) is 9.67. The molecular formula is C14H30N2. The zero-order valence-electron chi connectivity index (χ0n) is 11.5. The van der Waals surface area contributed by atoms with Crippen molar-refractivity contribution in [3.05, 3.63) is 0 Å². The van der Waals surface area contributed by atoms with Crippen LogP contribution in [0.3, 0.4) is 0 Å². The van der Waals surface area contributed by atoms with Gasteiger partial charge in [0.05, 0.1) is 0 Å². The fraction of sp³-hybridized carbons (Fsp3) is 1.00. The average Bonchev–Trinajstić information content (AvgIpc) is 2.32. The third kappa shape index (κ3) is 5.31. The lowest BCUT2D eigenvalue weighted by atomic mass is 9.96. The van der Waals surface area contributed by atoms with Gasteiger partial charge in [-0.2, -0.15) is 0 Å². The molecule has 0 unspecified atom stereocenters. The van der Waals surface area contributed by atoms with Crippen LogP contribution in [0.15, 0.2) is 0 Å². The molecule has 0 bridgehead atoms. The third-order valence-electron chi connectivity index (χ3n) is 4.16. The summed E-state index contributed by atoms with van der Waals surface area (Å²) < 4.78 is 0. The molecule has 0 aliphatic carbocycles. The molecule has 16 heavy (non-hydrogen) atoms. The Kier molecular flexibility index (Phi) is 7.06. The first-order valence-electron chi connectivity index (χ1n) is 7.15. The molecule has 1 heterocycles. The zero-order valence-corrected chi connectivity index (χ0v) is 11.5. The summed E-state index contributed by atoms with van der Waals surface area (Å²) in [5, 5.41) is 3.65. The highest BCUT2D eigenvalue weighted by Gasteiger charge is 2.15. The van der Waals surface area contributed by atoms with Crippen molar-refractivity contribution in [2.75, 3.05) is 33.2 Å². The molecule has 2 heteroatoms. The number of nitrogens with zero attached hydrogens (tertiary/aromatic N) is 1. The molecule has 1 aliphatic rings. The molecule has 0 aromatic heterocycles. The molecule has 0 aromatic rings. The standard InChI is InChI=1S/C14H30N2/c1-4-13(5-2)6-9-15-12-14-7-10-16(3)11-8-14/h13-15H,4-12H2,1-3H3. The van der Waals surface area contributed by atoms with Gasteiger partial charge in [-0.15, -0.1) is 0 Å². The third-order valence-corrected chi connectivity index (χ3v) is 4.16. The van der Waals surface area contributed by atoms with Crippen molar-refractivity contribution in [3.8, 4) is 0 Å². The largest absolute Gasteiger partial charge is 0.316 e. The topological polar surface area (TPSA) is 15.3 Å². The highest BCUT2D eigenvalue weighted by Crippen LogP contribution is 2.15. The van der Waals surface area contributed by atoms with Gasteiger partial charge in [-0.1, -0.05) is 26.7 Å². The average molecular weight is 226 g/mol. The molecule has 0 atom stereocenters.